The summed E-state index contributed by atoms with van der Waals surface area (Å²) in [5, 5.41) is 13.8. The number of aryl methyl sites for hydroxylation is 2. The average molecular weight is 628 g/mol. The number of rotatable bonds is 4. The van der Waals surface area contributed by atoms with Gasteiger partial charge in [0, 0.05) is 56.7 Å². The molecule has 2 aliphatic heterocycles. The number of fused-ring (bicyclic) bond motifs is 4. The zero-order valence-corrected chi connectivity index (χ0v) is 25.0. The highest BCUT2D eigenvalue weighted by Crippen LogP contribution is 2.35. The van der Waals surface area contributed by atoms with Crippen LogP contribution in [0.4, 0.5) is 8.78 Å². The van der Waals surface area contributed by atoms with Crippen molar-refractivity contribution in [2.45, 2.75) is 39.0 Å². The van der Waals surface area contributed by atoms with Crippen molar-refractivity contribution in [1.82, 2.24) is 25.3 Å². The van der Waals surface area contributed by atoms with Gasteiger partial charge < -0.3 is 29.5 Å². The molecule has 2 aromatic heterocycles. The minimum Gasteiger partial charge on any atom is -0.494 e. The quantitative estimate of drug-likeness (QED) is 0.416. The molecule has 0 aliphatic carbocycles. The maximum Gasteiger partial charge on any atom is 0.290 e. The fourth-order valence-corrected chi connectivity index (χ4v) is 5.62. The third-order valence-corrected chi connectivity index (χ3v) is 7.89. The molecule has 0 saturated carbocycles. The lowest BCUT2D eigenvalue weighted by Crippen LogP contribution is -2.42. The largest absolute Gasteiger partial charge is 0.494 e. The summed E-state index contributed by atoms with van der Waals surface area (Å²) in [7, 11) is 0. The number of pyridine rings is 1. The summed E-state index contributed by atoms with van der Waals surface area (Å²) in [6.45, 7) is 4.74. The van der Waals surface area contributed by atoms with Crippen LogP contribution in [0.25, 0.3) is 0 Å². The lowest BCUT2D eigenvalue weighted by atomic mass is 9.88. The molecule has 3 aromatic rings. The molecule has 2 N–H and O–H groups in total. The number of halogens is 2. The van der Waals surface area contributed by atoms with Crippen LogP contribution in [0.2, 0.25) is 0 Å². The predicted octanol–water partition coefficient (Wildman–Crippen LogP) is 2.88. The molecule has 12 nitrogen and oxygen atoms in total. The number of nitrogens with zero attached hydrogens (tertiary/aromatic N) is 4. The Morgan fingerprint density at radius 2 is 1.89 bits per heavy atom. The van der Waals surface area contributed by atoms with E-state index < -0.39 is 29.2 Å². The van der Waals surface area contributed by atoms with Crippen LogP contribution in [-0.2, 0) is 20.8 Å². The van der Waals surface area contributed by atoms with E-state index in [1.807, 2.05) is 38.1 Å². The highest BCUT2D eigenvalue weighted by atomic mass is 19.1. The van der Waals surface area contributed by atoms with Gasteiger partial charge in [-0.1, -0.05) is 17.3 Å². The summed E-state index contributed by atoms with van der Waals surface area (Å²) in [5.41, 5.74) is 2.09. The highest BCUT2D eigenvalue weighted by Gasteiger charge is 2.40. The molecular weight excluding hydrogens is 592 g/mol. The van der Waals surface area contributed by atoms with E-state index in [9.17, 15) is 23.2 Å². The monoisotopic (exact) mass is 627 g/mol. The molecule has 240 valence electrons. The summed E-state index contributed by atoms with van der Waals surface area (Å²) in [5.74, 6) is -2.42. The van der Waals surface area contributed by atoms with Gasteiger partial charge in [0.1, 0.15) is 17.3 Å². The Kier molecular flexibility index (Phi) is 11.2. The summed E-state index contributed by atoms with van der Waals surface area (Å²) >= 11 is 0. The summed E-state index contributed by atoms with van der Waals surface area (Å²) < 4.78 is 38.8. The van der Waals surface area contributed by atoms with Crippen molar-refractivity contribution >= 4 is 24.2 Å². The zero-order chi connectivity index (χ0) is 32.5. The predicted molar refractivity (Wildman–Crippen MR) is 155 cm³/mol. The van der Waals surface area contributed by atoms with E-state index in [1.54, 1.807) is 4.90 Å². The topological polar surface area (TPSA) is 155 Å². The normalized spacial score (nSPS) is 18.4. The third-order valence-electron chi connectivity index (χ3n) is 7.89. The summed E-state index contributed by atoms with van der Waals surface area (Å²) in [4.78, 5) is 54.9. The molecule has 5 rings (SSSR count). The molecule has 2 atom stereocenters. The van der Waals surface area contributed by atoms with E-state index in [4.69, 9.17) is 19.2 Å². The number of carbonyl (C=O) groups is 4. The van der Waals surface area contributed by atoms with Crippen LogP contribution in [0.3, 0.4) is 0 Å². The number of carboxylic acid groups (broad SMARTS) is 1. The Balaban J connectivity index is 0.00000148. The van der Waals surface area contributed by atoms with Gasteiger partial charge in [-0.25, -0.2) is 13.8 Å². The van der Waals surface area contributed by atoms with Crippen LogP contribution in [0.15, 0.2) is 41.1 Å². The molecule has 3 amide bonds. The van der Waals surface area contributed by atoms with Gasteiger partial charge in [-0.05, 0) is 44.4 Å². The second-order valence-electron chi connectivity index (χ2n) is 10.8. The molecule has 0 spiro atoms. The number of benzene rings is 1. The second kappa shape index (κ2) is 15.2. The molecule has 4 heterocycles. The van der Waals surface area contributed by atoms with Crippen LogP contribution in [0.5, 0.6) is 5.75 Å². The highest BCUT2D eigenvalue weighted by molar-refractivity contribution is 5.92. The minimum absolute atomic E-state index is 0.0637. The van der Waals surface area contributed by atoms with Crippen molar-refractivity contribution in [3.8, 4) is 5.75 Å². The number of amides is 3. The zero-order valence-electron chi connectivity index (χ0n) is 25.0. The molecule has 2 bridgehead atoms. The van der Waals surface area contributed by atoms with Gasteiger partial charge in [0.2, 0.25) is 11.8 Å². The summed E-state index contributed by atoms with van der Waals surface area (Å²) in [6.07, 6.45) is 1.99. The first-order valence-electron chi connectivity index (χ1n) is 14.5. The van der Waals surface area contributed by atoms with Gasteiger partial charge in [-0.15, -0.1) is 0 Å². The van der Waals surface area contributed by atoms with E-state index in [1.165, 1.54) is 4.90 Å². The summed E-state index contributed by atoms with van der Waals surface area (Å²) in [6, 6.07) is 8.10. The van der Waals surface area contributed by atoms with Gasteiger partial charge in [-0.2, -0.15) is 0 Å². The number of aromatic nitrogens is 2. The van der Waals surface area contributed by atoms with E-state index in [2.05, 4.69) is 15.5 Å². The number of hydrogen-bond acceptors (Lipinski definition) is 8. The van der Waals surface area contributed by atoms with Crippen molar-refractivity contribution in [2.75, 3.05) is 39.3 Å². The standard InChI is InChI=1S/C30H33F2N5O5.CH2O2/c1-18-23(19(2)42-35-18)7-8-27(38)37-16-24-20-5-3-6-22(13-20)41-12-4-10-36(11-9-33-29(39)25(24)17-37)30(40)28-26(32)14-21(31)15-34-28;2-1-3/h3,5-6,13-15,24-25H,4,7-12,16-17H2,1-2H3,(H,33,39);1H,(H,2,3)/t24-,25+;/m1./s1. The molecule has 45 heavy (non-hydrogen) atoms. The van der Waals surface area contributed by atoms with Crippen molar-refractivity contribution in [1.29, 1.82) is 0 Å². The lowest BCUT2D eigenvalue weighted by Gasteiger charge is -2.25. The van der Waals surface area contributed by atoms with Gasteiger partial charge in [-0.3, -0.25) is 19.2 Å². The first kappa shape index (κ1) is 33.0. The molecule has 1 saturated heterocycles. The SMILES string of the molecule is Cc1noc(C)c1CCC(=O)N1C[C@@H]2C(=O)NCCN(C(=O)c3ncc(F)cc3F)CCCOc3cccc(c3)[C@H]2C1.O=CO. The molecule has 0 radical (unpaired) electrons. The van der Waals surface area contributed by atoms with Crippen molar-refractivity contribution in [3.05, 3.63) is 76.4 Å². The van der Waals surface area contributed by atoms with Crippen LogP contribution in [0, 0.1) is 31.4 Å². The molecule has 2 aliphatic rings. The maximum absolute atomic E-state index is 14.3. The van der Waals surface area contributed by atoms with Crippen LogP contribution < -0.4 is 10.1 Å². The fraction of sp³-hybridized carbons (Fsp3) is 0.419. The van der Waals surface area contributed by atoms with Crippen molar-refractivity contribution in [2.24, 2.45) is 5.92 Å². The Labute approximate surface area is 258 Å². The van der Waals surface area contributed by atoms with Gasteiger partial charge in [0.15, 0.2) is 11.5 Å². The van der Waals surface area contributed by atoms with Gasteiger partial charge in [0.05, 0.1) is 24.4 Å². The number of likely N-dealkylation sites (tertiary alicyclic amines) is 1. The van der Waals surface area contributed by atoms with Crippen molar-refractivity contribution in [3.63, 3.8) is 0 Å². The Morgan fingerprint density at radius 1 is 1.13 bits per heavy atom. The molecule has 1 fully saturated rings. The second-order valence-corrected chi connectivity index (χ2v) is 10.8. The first-order valence-corrected chi connectivity index (χ1v) is 14.5. The van der Waals surface area contributed by atoms with Crippen LogP contribution in [0.1, 0.15) is 51.8 Å². The number of nitrogens with one attached hydrogen (secondary N) is 1. The Hall–Kier alpha value is -4.88. The smallest absolute Gasteiger partial charge is 0.290 e. The third kappa shape index (κ3) is 8.19. The molecular formula is C31H35F2N5O7. The van der Waals surface area contributed by atoms with Crippen LogP contribution >= 0.6 is 0 Å². The van der Waals surface area contributed by atoms with Crippen LogP contribution in [-0.4, -0.2) is 88.6 Å². The lowest BCUT2D eigenvalue weighted by molar-refractivity contribution is -0.130. The Bertz CT molecular complexity index is 1510. The van der Waals surface area contributed by atoms with Crippen molar-refractivity contribution < 1.29 is 42.3 Å². The first-order chi connectivity index (χ1) is 21.6. The molecule has 0 unspecified atom stereocenters. The number of hydrogen-bond donors (Lipinski definition) is 2. The van der Waals surface area contributed by atoms with E-state index in [0.29, 0.717) is 43.6 Å². The molecule has 1 aromatic carbocycles. The average Bonchev–Trinajstić information content (AvgIpc) is 3.60. The maximum atomic E-state index is 14.3. The van der Waals surface area contributed by atoms with E-state index >= 15 is 0 Å². The van der Waals surface area contributed by atoms with E-state index in [-0.39, 0.29) is 56.8 Å². The Morgan fingerprint density at radius 3 is 2.60 bits per heavy atom. The van der Waals surface area contributed by atoms with Gasteiger partial charge in [0.25, 0.3) is 12.4 Å². The number of ether oxygens (including phenoxy) is 1. The van der Waals surface area contributed by atoms with Gasteiger partial charge >= 0.3 is 0 Å². The van der Waals surface area contributed by atoms with E-state index in [0.717, 1.165) is 23.0 Å². The fourth-order valence-electron chi connectivity index (χ4n) is 5.62. The minimum atomic E-state index is -1.05. The molecule has 14 heteroatoms. The number of carbonyl (C=O) groups excluding carboxylic acids is 3.